The van der Waals surface area contributed by atoms with Crippen LogP contribution in [0.1, 0.15) is 0 Å². The fraction of sp³-hybridized carbons (Fsp3) is 0. The Labute approximate surface area is 271 Å². The van der Waals surface area contributed by atoms with Crippen molar-refractivity contribution in [3.05, 3.63) is 164 Å². The van der Waals surface area contributed by atoms with Gasteiger partial charge in [0.1, 0.15) is 11.2 Å². The van der Waals surface area contributed by atoms with Crippen molar-refractivity contribution in [3.63, 3.8) is 0 Å². The second kappa shape index (κ2) is 11.2. The molecule has 0 aliphatic heterocycles. The summed E-state index contributed by atoms with van der Waals surface area (Å²) in [5, 5.41) is 4.47. The fourth-order valence-electron chi connectivity index (χ4n) is 6.38. The predicted molar refractivity (Wildman–Crippen MR) is 192 cm³/mol. The summed E-state index contributed by atoms with van der Waals surface area (Å²) in [5.41, 5.74) is 8.83. The monoisotopic (exact) mass is 601 g/mol. The van der Waals surface area contributed by atoms with Crippen LogP contribution >= 0.6 is 0 Å². The molecule has 4 heteroatoms. The summed E-state index contributed by atoms with van der Waals surface area (Å²) in [6.45, 7) is 0. The van der Waals surface area contributed by atoms with E-state index in [0.717, 1.165) is 60.7 Å². The van der Waals surface area contributed by atoms with Gasteiger partial charge in [-0.1, -0.05) is 133 Å². The molecule has 4 nitrogen and oxygen atoms in total. The van der Waals surface area contributed by atoms with Crippen LogP contribution in [0.25, 0.3) is 89.1 Å². The molecular formula is C43H27N3O. The minimum atomic E-state index is 0.589. The van der Waals surface area contributed by atoms with Crippen molar-refractivity contribution in [1.82, 2.24) is 15.0 Å². The molecule has 220 valence electrons. The molecule has 47 heavy (non-hydrogen) atoms. The maximum atomic E-state index is 6.66. The van der Waals surface area contributed by atoms with Gasteiger partial charge in [-0.25, -0.2) is 15.0 Å². The average molecular weight is 602 g/mol. The van der Waals surface area contributed by atoms with Crippen molar-refractivity contribution >= 4 is 32.7 Å². The molecule has 9 rings (SSSR count). The Bertz CT molecular complexity index is 2500. The molecule has 0 bridgehead atoms. The van der Waals surface area contributed by atoms with Crippen molar-refractivity contribution in [3.8, 4) is 56.4 Å². The normalized spacial score (nSPS) is 11.4. The highest BCUT2D eigenvalue weighted by molar-refractivity contribution is 6.16. The number of benzene rings is 7. The lowest BCUT2D eigenvalue weighted by Gasteiger charge is -2.12. The summed E-state index contributed by atoms with van der Waals surface area (Å²) < 4.78 is 6.66. The third-order valence-corrected chi connectivity index (χ3v) is 8.68. The van der Waals surface area contributed by atoms with Gasteiger partial charge in [0.2, 0.25) is 0 Å². The Morgan fingerprint density at radius 3 is 1.49 bits per heavy atom. The van der Waals surface area contributed by atoms with Gasteiger partial charge in [-0.15, -0.1) is 0 Å². The molecule has 0 radical (unpaired) electrons. The third kappa shape index (κ3) is 4.93. The molecule has 0 N–H and O–H groups in total. The van der Waals surface area contributed by atoms with Crippen molar-refractivity contribution in [1.29, 1.82) is 0 Å². The van der Waals surface area contributed by atoms with Crippen LogP contribution in [0.2, 0.25) is 0 Å². The van der Waals surface area contributed by atoms with Gasteiger partial charge in [0.15, 0.2) is 17.5 Å². The molecule has 0 saturated carbocycles. The van der Waals surface area contributed by atoms with Gasteiger partial charge in [-0.2, -0.15) is 0 Å². The maximum absolute atomic E-state index is 6.66. The fourth-order valence-corrected chi connectivity index (χ4v) is 6.38. The van der Waals surface area contributed by atoms with Gasteiger partial charge >= 0.3 is 0 Å². The zero-order valence-corrected chi connectivity index (χ0v) is 25.3. The Balaban J connectivity index is 1.33. The average Bonchev–Trinajstić information content (AvgIpc) is 3.51. The van der Waals surface area contributed by atoms with E-state index in [-0.39, 0.29) is 0 Å². The zero-order valence-electron chi connectivity index (χ0n) is 25.3. The lowest BCUT2D eigenvalue weighted by Crippen LogP contribution is -2.00. The second-order valence-electron chi connectivity index (χ2n) is 11.7. The molecule has 0 saturated heterocycles. The molecule has 0 aliphatic rings. The first-order chi connectivity index (χ1) is 23.3. The summed E-state index contributed by atoms with van der Waals surface area (Å²) in [6.07, 6.45) is 0. The summed E-state index contributed by atoms with van der Waals surface area (Å²) in [4.78, 5) is 15.0. The van der Waals surface area contributed by atoms with Crippen molar-refractivity contribution in [2.45, 2.75) is 0 Å². The standard InChI is InChI=1S/C43H27N3O/c1-4-13-28(14-5-1)31-21-12-22-34(23-31)36-25-35(27-39-40(36)37-24-32-19-10-11-20-33(32)26-38(37)47-39)43-45-41(29-15-6-2-7-16-29)44-42(46-43)30-17-8-3-9-18-30/h1-27H. The number of fused-ring (bicyclic) bond motifs is 4. The number of nitrogens with zero attached hydrogens (tertiary/aromatic N) is 3. The molecular weight excluding hydrogens is 574 g/mol. The summed E-state index contributed by atoms with van der Waals surface area (Å²) in [7, 11) is 0. The lowest BCUT2D eigenvalue weighted by molar-refractivity contribution is 0.669. The number of furan rings is 1. The van der Waals surface area contributed by atoms with E-state index in [2.05, 4.69) is 97.1 Å². The molecule has 9 aromatic rings. The van der Waals surface area contributed by atoms with Gasteiger partial charge < -0.3 is 4.42 Å². The number of rotatable bonds is 5. The molecule has 0 aliphatic carbocycles. The summed E-state index contributed by atoms with van der Waals surface area (Å²) in [5.74, 6) is 1.83. The first kappa shape index (κ1) is 27.0. The Morgan fingerprint density at radius 1 is 0.340 bits per heavy atom. The van der Waals surface area contributed by atoms with Crippen LogP contribution in [0.5, 0.6) is 0 Å². The number of aromatic nitrogens is 3. The van der Waals surface area contributed by atoms with Crippen LogP contribution in [-0.2, 0) is 0 Å². The topological polar surface area (TPSA) is 51.8 Å². The van der Waals surface area contributed by atoms with E-state index in [9.17, 15) is 0 Å². The van der Waals surface area contributed by atoms with Gasteiger partial charge in [-0.3, -0.25) is 0 Å². The quantitative estimate of drug-likeness (QED) is 0.197. The van der Waals surface area contributed by atoms with Crippen LogP contribution in [-0.4, -0.2) is 15.0 Å². The molecule has 0 fully saturated rings. The second-order valence-corrected chi connectivity index (χ2v) is 11.7. The van der Waals surface area contributed by atoms with Crippen LogP contribution in [0.4, 0.5) is 0 Å². The van der Waals surface area contributed by atoms with Crippen LogP contribution in [0.15, 0.2) is 168 Å². The maximum Gasteiger partial charge on any atom is 0.164 e. The number of hydrogen-bond acceptors (Lipinski definition) is 4. The number of hydrogen-bond donors (Lipinski definition) is 0. The summed E-state index contributed by atoms with van der Waals surface area (Å²) in [6, 6.07) is 56.4. The van der Waals surface area contributed by atoms with Crippen molar-refractivity contribution in [2.24, 2.45) is 0 Å². The largest absolute Gasteiger partial charge is 0.456 e. The van der Waals surface area contributed by atoms with Gasteiger partial charge in [-0.05, 0) is 63.4 Å². The molecule has 2 aromatic heterocycles. The van der Waals surface area contributed by atoms with Gasteiger partial charge in [0, 0.05) is 27.5 Å². The minimum absolute atomic E-state index is 0.589. The van der Waals surface area contributed by atoms with E-state index >= 15 is 0 Å². The van der Waals surface area contributed by atoms with E-state index in [1.165, 1.54) is 10.9 Å². The van der Waals surface area contributed by atoms with Crippen LogP contribution in [0.3, 0.4) is 0 Å². The van der Waals surface area contributed by atoms with Crippen molar-refractivity contribution < 1.29 is 4.42 Å². The lowest BCUT2D eigenvalue weighted by atomic mass is 9.93. The Kier molecular flexibility index (Phi) is 6.43. The van der Waals surface area contributed by atoms with E-state index in [0.29, 0.717) is 17.5 Å². The summed E-state index contributed by atoms with van der Waals surface area (Å²) >= 11 is 0. The molecule has 0 amide bonds. The Hall–Kier alpha value is -6.39. The molecule has 0 atom stereocenters. The zero-order chi connectivity index (χ0) is 31.2. The highest BCUT2D eigenvalue weighted by atomic mass is 16.3. The minimum Gasteiger partial charge on any atom is -0.456 e. The van der Waals surface area contributed by atoms with E-state index in [4.69, 9.17) is 19.4 Å². The first-order valence-electron chi connectivity index (χ1n) is 15.7. The smallest absolute Gasteiger partial charge is 0.164 e. The molecule has 7 aromatic carbocycles. The third-order valence-electron chi connectivity index (χ3n) is 8.68. The van der Waals surface area contributed by atoms with Gasteiger partial charge in [0.05, 0.1) is 0 Å². The van der Waals surface area contributed by atoms with E-state index < -0.39 is 0 Å². The first-order valence-corrected chi connectivity index (χ1v) is 15.7. The van der Waals surface area contributed by atoms with Crippen molar-refractivity contribution in [2.75, 3.05) is 0 Å². The highest BCUT2D eigenvalue weighted by Gasteiger charge is 2.19. The van der Waals surface area contributed by atoms with Crippen LogP contribution < -0.4 is 0 Å². The van der Waals surface area contributed by atoms with E-state index in [1.54, 1.807) is 0 Å². The highest BCUT2D eigenvalue weighted by Crippen LogP contribution is 2.42. The van der Waals surface area contributed by atoms with Gasteiger partial charge in [0.25, 0.3) is 0 Å². The Morgan fingerprint density at radius 2 is 0.851 bits per heavy atom. The van der Waals surface area contributed by atoms with E-state index in [1.807, 2.05) is 66.7 Å². The predicted octanol–water partition coefficient (Wildman–Crippen LogP) is 11.3. The molecule has 2 heterocycles. The van der Waals surface area contributed by atoms with Crippen LogP contribution in [0, 0.1) is 0 Å². The molecule has 0 spiro atoms. The SMILES string of the molecule is c1ccc(-c2cccc(-c3cc(-c4nc(-c5ccccc5)nc(-c5ccccc5)n4)cc4oc5cc6ccccc6cc5c34)c2)cc1. The molecule has 0 unspecified atom stereocenters.